The molecule has 0 fully saturated rings. The van der Waals surface area contributed by atoms with Gasteiger partial charge in [0.15, 0.2) is 0 Å². The predicted molar refractivity (Wildman–Crippen MR) is 109 cm³/mol. The van der Waals surface area contributed by atoms with Gasteiger partial charge in [0, 0.05) is 17.8 Å². The highest BCUT2D eigenvalue weighted by atomic mass is 32.2. The van der Waals surface area contributed by atoms with Crippen molar-refractivity contribution in [3.63, 3.8) is 0 Å². The lowest BCUT2D eigenvalue weighted by Crippen LogP contribution is -2.17. The summed E-state index contributed by atoms with van der Waals surface area (Å²) in [6.07, 6.45) is 0. The summed E-state index contributed by atoms with van der Waals surface area (Å²) in [6, 6.07) is 16.0. The first-order valence-corrected chi connectivity index (χ1v) is 10.2. The molecule has 0 heterocycles. The molecule has 0 aliphatic carbocycles. The Morgan fingerprint density at radius 2 is 1.48 bits per heavy atom. The van der Waals surface area contributed by atoms with Crippen LogP contribution >= 0.6 is 0 Å². The zero-order valence-electron chi connectivity index (χ0n) is 15.7. The number of anilines is 1. The van der Waals surface area contributed by atoms with E-state index in [0.717, 1.165) is 35.4 Å². The van der Waals surface area contributed by atoms with Gasteiger partial charge in [0.25, 0.3) is 11.6 Å². The molecule has 0 bridgehead atoms. The molecule has 8 heteroatoms. The van der Waals surface area contributed by atoms with Gasteiger partial charge in [-0.05, 0) is 49.2 Å². The molecular weight excluding hydrogens is 392 g/mol. The Morgan fingerprint density at radius 1 is 0.897 bits per heavy atom. The van der Waals surface area contributed by atoms with Crippen LogP contribution in [0.1, 0.15) is 21.5 Å². The summed E-state index contributed by atoms with van der Waals surface area (Å²) in [5, 5.41) is 13.6. The SMILES string of the molecule is Cc1cccc(C)c1NC(=O)c1ccccc1S(=O)(=O)c1ccc([N+](=O)[O-])cc1. The van der Waals surface area contributed by atoms with Crippen molar-refractivity contribution in [2.45, 2.75) is 23.6 Å². The normalized spacial score (nSPS) is 11.1. The number of benzene rings is 3. The van der Waals surface area contributed by atoms with Crippen molar-refractivity contribution in [3.05, 3.63) is 93.5 Å². The standard InChI is InChI=1S/C21H18N2O5S/c1-14-6-5-7-15(2)20(14)22-21(24)18-8-3-4-9-19(18)29(27,28)17-12-10-16(11-13-17)23(25)26/h3-13H,1-2H3,(H,22,24). The van der Waals surface area contributed by atoms with Gasteiger partial charge in [-0.1, -0.05) is 30.3 Å². The Kier molecular flexibility index (Phi) is 5.47. The van der Waals surface area contributed by atoms with Crippen LogP contribution in [0, 0.1) is 24.0 Å². The molecule has 3 aromatic carbocycles. The highest BCUT2D eigenvalue weighted by molar-refractivity contribution is 7.91. The van der Waals surface area contributed by atoms with E-state index in [1.165, 1.54) is 18.2 Å². The molecule has 148 valence electrons. The largest absolute Gasteiger partial charge is 0.321 e. The second-order valence-corrected chi connectivity index (χ2v) is 8.39. The Labute approximate surface area is 168 Å². The van der Waals surface area contributed by atoms with Crippen LogP contribution in [0.15, 0.2) is 76.5 Å². The monoisotopic (exact) mass is 410 g/mol. The van der Waals surface area contributed by atoms with Crippen LogP contribution in [0.25, 0.3) is 0 Å². The molecule has 0 spiro atoms. The van der Waals surface area contributed by atoms with Crippen LogP contribution in [-0.4, -0.2) is 19.2 Å². The average Bonchev–Trinajstić information content (AvgIpc) is 2.70. The third kappa shape index (κ3) is 4.02. The smallest absolute Gasteiger partial charge is 0.269 e. The number of nitrogens with one attached hydrogen (secondary N) is 1. The van der Waals surface area contributed by atoms with Gasteiger partial charge in [0.1, 0.15) is 0 Å². The Hall–Kier alpha value is -3.52. The number of hydrogen-bond acceptors (Lipinski definition) is 5. The minimum Gasteiger partial charge on any atom is -0.321 e. The lowest BCUT2D eigenvalue weighted by molar-refractivity contribution is -0.384. The molecule has 0 atom stereocenters. The fourth-order valence-electron chi connectivity index (χ4n) is 2.96. The molecule has 1 amide bonds. The fourth-order valence-corrected chi connectivity index (χ4v) is 4.41. The van der Waals surface area contributed by atoms with E-state index >= 15 is 0 Å². The Morgan fingerprint density at radius 3 is 2.07 bits per heavy atom. The highest BCUT2D eigenvalue weighted by Gasteiger charge is 2.25. The second kappa shape index (κ2) is 7.84. The van der Waals surface area contributed by atoms with E-state index in [-0.39, 0.29) is 21.0 Å². The van der Waals surface area contributed by atoms with Gasteiger partial charge in [-0.25, -0.2) is 8.42 Å². The van der Waals surface area contributed by atoms with E-state index < -0.39 is 20.7 Å². The zero-order valence-corrected chi connectivity index (χ0v) is 16.6. The molecule has 0 aliphatic heterocycles. The number of rotatable bonds is 5. The number of non-ortho nitro benzene ring substituents is 1. The van der Waals surface area contributed by atoms with Gasteiger partial charge in [0.2, 0.25) is 9.84 Å². The Balaban J connectivity index is 2.02. The number of nitrogens with zero attached hydrogens (tertiary/aromatic N) is 1. The summed E-state index contributed by atoms with van der Waals surface area (Å²) in [5.74, 6) is -0.552. The van der Waals surface area contributed by atoms with E-state index in [9.17, 15) is 23.3 Å². The third-order valence-electron chi connectivity index (χ3n) is 4.50. The molecule has 0 saturated heterocycles. The lowest BCUT2D eigenvalue weighted by Gasteiger charge is -2.14. The van der Waals surface area contributed by atoms with Crippen molar-refractivity contribution in [1.29, 1.82) is 0 Å². The first kappa shape index (κ1) is 20.2. The minimum absolute atomic E-state index is 0.00601. The number of aryl methyl sites for hydroxylation is 2. The highest BCUT2D eigenvalue weighted by Crippen LogP contribution is 2.27. The first-order chi connectivity index (χ1) is 13.7. The summed E-state index contributed by atoms with van der Waals surface area (Å²) < 4.78 is 26.2. The van der Waals surface area contributed by atoms with Gasteiger partial charge in [0.05, 0.1) is 20.3 Å². The van der Waals surface area contributed by atoms with E-state index in [1.807, 2.05) is 32.0 Å². The summed E-state index contributed by atoms with van der Waals surface area (Å²) >= 11 is 0. The van der Waals surface area contributed by atoms with Gasteiger partial charge in [-0.2, -0.15) is 0 Å². The first-order valence-electron chi connectivity index (χ1n) is 8.68. The van der Waals surface area contributed by atoms with E-state index in [2.05, 4.69) is 5.32 Å². The molecule has 3 rings (SSSR count). The zero-order chi connectivity index (χ0) is 21.2. The quantitative estimate of drug-likeness (QED) is 0.499. The van der Waals surface area contributed by atoms with E-state index in [4.69, 9.17) is 0 Å². The number of nitro benzene ring substituents is 1. The number of nitro groups is 1. The number of hydrogen-bond donors (Lipinski definition) is 1. The number of amides is 1. The molecule has 0 aliphatic rings. The van der Waals surface area contributed by atoms with Crippen LogP contribution in [-0.2, 0) is 9.84 Å². The van der Waals surface area contributed by atoms with Crippen LogP contribution in [0.2, 0.25) is 0 Å². The summed E-state index contributed by atoms with van der Waals surface area (Å²) in [5.41, 5.74) is 2.11. The van der Waals surface area contributed by atoms with Crippen molar-refractivity contribution in [1.82, 2.24) is 0 Å². The maximum Gasteiger partial charge on any atom is 0.269 e. The average molecular weight is 410 g/mol. The van der Waals surface area contributed by atoms with Gasteiger partial charge in [-0.3, -0.25) is 14.9 Å². The molecule has 0 aromatic heterocycles. The number of carbonyl (C=O) groups excluding carboxylic acids is 1. The summed E-state index contributed by atoms with van der Waals surface area (Å²) in [7, 11) is -4.05. The van der Waals surface area contributed by atoms with Crippen molar-refractivity contribution in [3.8, 4) is 0 Å². The predicted octanol–water partition coefficient (Wildman–Crippen LogP) is 4.30. The van der Waals surface area contributed by atoms with Crippen molar-refractivity contribution in [2.75, 3.05) is 5.32 Å². The second-order valence-electron chi connectivity index (χ2n) is 6.47. The number of carbonyl (C=O) groups is 1. The number of para-hydroxylation sites is 1. The lowest BCUT2D eigenvalue weighted by atomic mass is 10.1. The third-order valence-corrected chi connectivity index (χ3v) is 6.33. The maximum absolute atomic E-state index is 13.1. The molecule has 1 N–H and O–H groups in total. The van der Waals surface area contributed by atoms with E-state index in [0.29, 0.717) is 5.69 Å². The molecule has 3 aromatic rings. The minimum atomic E-state index is -4.05. The van der Waals surface area contributed by atoms with Crippen molar-refractivity contribution < 1.29 is 18.1 Å². The van der Waals surface area contributed by atoms with Crippen molar-refractivity contribution >= 4 is 27.1 Å². The molecular formula is C21H18N2O5S. The van der Waals surface area contributed by atoms with Crippen LogP contribution in [0.5, 0.6) is 0 Å². The molecule has 0 saturated carbocycles. The number of sulfone groups is 1. The topological polar surface area (TPSA) is 106 Å². The molecule has 7 nitrogen and oxygen atoms in total. The maximum atomic E-state index is 13.1. The molecule has 29 heavy (non-hydrogen) atoms. The Bertz CT molecular complexity index is 1180. The van der Waals surface area contributed by atoms with Gasteiger partial charge < -0.3 is 5.32 Å². The van der Waals surface area contributed by atoms with Crippen LogP contribution in [0.4, 0.5) is 11.4 Å². The molecule has 0 radical (unpaired) electrons. The van der Waals surface area contributed by atoms with Gasteiger partial charge in [-0.15, -0.1) is 0 Å². The van der Waals surface area contributed by atoms with Crippen LogP contribution in [0.3, 0.4) is 0 Å². The molecule has 0 unspecified atom stereocenters. The van der Waals surface area contributed by atoms with Crippen LogP contribution < -0.4 is 5.32 Å². The summed E-state index contributed by atoms with van der Waals surface area (Å²) in [6.45, 7) is 3.70. The fraction of sp³-hybridized carbons (Fsp3) is 0.0952. The van der Waals surface area contributed by atoms with Crippen molar-refractivity contribution in [2.24, 2.45) is 0 Å². The van der Waals surface area contributed by atoms with Gasteiger partial charge >= 0.3 is 0 Å². The van der Waals surface area contributed by atoms with E-state index in [1.54, 1.807) is 6.07 Å². The summed E-state index contributed by atoms with van der Waals surface area (Å²) in [4.78, 5) is 22.8.